The lowest BCUT2D eigenvalue weighted by atomic mass is 10.1. The maximum atomic E-state index is 12.5. The molecule has 27 heavy (non-hydrogen) atoms. The van der Waals surface area contributed by atoms with E-state index >= 15 is 0 Å². The molecule has 0 aromatic heterocycles. The zero-order valence-corrected chi connectivity index (χ0v) is 15.5. The highest BCUT2D eigenvalue weighted by atomic mass is 35.5. The number of hydrogen-bond donors (Lipinski definition) is 0. The normalized spacial score (nSPS) is 14.8. The van der Waals surface area contributed by atoms with Gasteiger partial charge in [0.2, 0.25) is 0 Å². The average Bonchev–Trinajstić information content (AvgIpc) is 2.69. The Kier molecular flexibility index (Phi) is 6.26. The molecule has 1 aliphatic heterocycles. The van der Waals surface area contributed by atoms with Gasteiger partial charge in [0.15, 0.2) is 0 Å². The van der Waals surface area contributed by atoms with Gasteiger partial charge in [-0.1, -0.05) is 23.7 Å². The van der Waals surface area contributed by atoms with Gasteiger partial charge in [0.1, 0.15) is 12.4 Å². The molecule has 8 heteroatoms. The summed E-state index contributed by atoms with van der Waals surface area (Å²) >= 11 is 6.06. The van der Waals surface area contributed by atoms with E-state index in [0.29, 0.717) is 36.0 Å². The summed E-state index contributed by atoms with van der Waals surface area (Å²) in [5.74, 6) is 0.572. The number of ether oxygens (including phenoxy) is 1. The Morgan fingerprint density at radius 1 is 1.07 bits per heavy atom. The van der Waals surface area contributed by atoms with Crippen LogP contribution < -0.4 is 4.74 Å². The third-order valence-electron chi connectivity index (χ3n) is 4.49. The third kappa shape index (κ3) is 4.96. The summed E-state index contributed by atoms with van der Waals surface area (Å²) in [7, 11) is 0. The predicted octanol–water partition coefficient (Wildman–Crippen LogP) is 3.09. The highest BCUT2D eigenvalue weighted by molar-refractivity contribution is 6.32. The molecule has 1 saturated heterocycles. The zero-order chi connectivity index (χ0) is 19.2. The van der Waals surface area contributed by atoms with Crippen LogP contribution in [0, 0.1) is 10.1 Å². The average molecular weight is 390 g/mol. The number of benzene rings is 2. The van der Waals surface area contributed by atoms with Gasteiger partial charge < -0.3 is 9.64 Å². The number of carbonyl (C=O) groups is 1. The first-order valence-electron chi connectivity index (χ1n) is 8.68. The van der Waals surface area contributed by atoms with Crippen LogP contribution in [0.15, 0.2) is 48.5 Å². The van der Waals surface area contributed by atoms with Crippen molar-refractivity contribution in [2.75, 3.05) is 39.3 Å². The van der Waals surface area contributed by atoms with Crippen LogP contribution in [0.25, 0.3) is 0 Å². The molecule has 0 spiro atoms. The molecule has 0 atom stereocenters. The quantitative estimate of drug-likeness (QED) is 0.560. The standard InChI is InChI=1S/C19H20ClN3O4/c20-17-3-1-2-4-18(17)27-14-13-21-9-11-22(12-10-21)19(24)15-5-7-16(8-6-15)23(25)26/h1-8H,9-14H2. The summed E-state index contributed by atoms with van der Waals surface area (Å²) in [6.45, 7) is 4.02. The van der Waals surface area contributed by atoms with Gasteiger partial charge in [-0.3, -0.25) is 19.8 Å². The lowest BCUT2D eigenvalue weighted by Gasteiger charge is -2.34. The third-order valence-corrected chi connectivity index (χ3v) is 4.80. The largest absolute Gasteiger partial charge is 0.491 e. The molecule has 0 bridgehead atoms. The molecule has 2 aromatic rings. The molecule has 1 aliphatic rings. The van der Waals surface area contributed by atoms with Crippen LogP contribution >= 0.6 is 11.6 Å². The Bertz CT molecular complexity index is 805. The summed E-state index contributed by atoms with van der Waals surface area (Å²) < 4.78 is 5.70. The summed E-state index contributed by atoms with van der Waals surface area (Å²) in [5.41, 5.74) is 0.450. The molecule has 1 fully saturated rings. The molecule has 0 unspecified atom stereocenters. The van der Waals surface area contributed by atoms with Crippen LogP contribution in [0.3, 0.4) is 0 Å². The fourth-order valence-corrected chi connectivity index (χ4v) is 3.12. The molecule has 0 radical (unpaired) electrons. The second-order valence-electron chi connectivity index (χ2n) is 6.22. The first-order valence-corrected chi connectivity index (χ1v) is 9.06. The monoisotopic (exact) mass is 389 g/mol. The van der Waals surface area contributed by atoms with Crippen molar-refractivity contribution < 1.29 is 14.5 Å². The van der Waals surface area contributed by atoms with Crippen molar-refractivity contribution in [3.8, 4) is 5.75 Å². The number of piperazine rings is 1. The lowest BCUT2D eigenvalue weighted by Crippen LogP contribution is -2.49. The van der Waals surface area contributed by atoms with Crippen molar-refractivity contribution in [1.82, 2.24) is 9.80 Å². The van der Waals surface area contributed by atoms with Crippen molar-refractivity contribution >= 4 is 23.2 Å². The highest BCUT2D eigenvalue weighted by Crippen LogP contribution is 2.23. The lowest BCUT2D eigenvalue weighted by molar-refractivity contribution is -0.384. The van der Waals surface area contributed by atoms with Gasteiger partial charge in [0.05, 0.1) is 9.95 Å². The summed E-state index contributed by atoms with van der Waals surface area (Å²) in [4.78, 5) is 26.8. The number of nitro groups is 1. The van der Waals surface area contributed by atoms with Crippen molar-refractivity contribution in [2.24, 2.45) is 0 Å². The van der Waals surface area contributed by atoms with Crippen LogP contribution in [-0.4, -0.2) is 60.0 Å². The van der Waals surface area contributed by atoms with E-state index in [2.05, 4.69) is 4.90 Å². The van der Waals surface area contributed by atoms with Gasteiger partial charge in [-0.2, -0.15) is 0 Å². The molecular formula is C19H20ClN3O4. The van der Waals surface area contributed by atoms with Gasteiger partial charge >= 0.3 is 0 Å². The molecule has 1 heterocycles. The van der Waals surface area contributed by atoms with E-state index in [1.807, 2.05) is 18.2 Å². The molecule has 0 saturated carbocycles. The molecule has 7 nitrogen and oxygen atoms in total. The maximum absolute atomic E-state index is 12.5. The number of nitrogens with zero attached hydrogens (tertiary/aromatic N) is 3. The number of para-hydroxylation sites is 1. The maximum Gasteiger partial charge on any atom is 0.269 e. The van der Waals surface area contributed by atoms with E-state index in [1.165, 1.54) is 24.3 Å². The molecule has 3 rings (SSSR count). The Hall–Kier alpha value is -2.64. The Balaban J connectivity index is 1.45. The van der Waals surface area contributed by atoms with Gasteiger partial charge in [-0.25, -0.2) is 0 Å². The second kappa shape index (κ2) is 8.83. The van der Waals surface area contributed by atoms with Crippen LogP contribution in [-0.2, 0) is 0 Å². The number of carbonyl (C=O) groups excluding carboxylic acids is 1. The van der Waals surface area contributed by atoms with E-state index in [-0.39, 0.29) is 11.6 Å². The van der Waals surface area contributed by atoms with E-state index in [1.54, 1.807) is 11.0 Å². The van der Waals surface area contributed by atoms with Crippen LogP contribution in [0.2, 0.25) is 5.02 Å². The van der Waals surface area contributed by atoms with Crippen molar-refractivity contribution in [3.05, 3.63) is 69.2 Å². The summed E-state index contributed by atoms with van der Waals surface area (Å²) in [6.07, 6.45) is 0. The Labute approximate surface area is 162 Å². The number of amides is 1. The number of nitro benzene ring substituents is 1. The van der Waals surface area contributed by atoms with E-state index < -0.39 is 4.92 Å². The second-order valence-corrected chi connectivity index (χ2v) is 6.62. The summed E-state index contributed by atoms with van der Waals surface area (Å²) in [5, 5.41) is 11.3. The van der Waals surface area contributed by atoms with Crippen molar-refractivity contribution in [1.29, 1.82) is 0 Å². The van der Waals surface area contributed by atoms with Gasteiger partial charge in [0, 0.05) is 50.4 Å². The van der Waals surface area contributed by atoms with Crippen LogP contribution in [0.5, 0.6) is 5.75 Å². The van der Waals surface area contributed by atoms with Crippen LogP contribution in [0.4, 0.5) is 5.69 Å². The molecule has 1 amide bonds. The van der Waals surface area contributed by atoms with E-state index in [9.17, 15) is 14.9 Å². The fourth-order valence-electron chi connectivity index (χ4n) is 2.93. The molecule has 0 N–H and O–H groups in total. The number of non-ortho nitro benzene ring substituents is 1. The molecule has 0 aliphatic carbocycles. The van der Waals surface area contributed by atoms with Gasteiger partial charge in [0.25, 0.3) is 11.6 Å². The topological polar surface area (TPSA) is 75.9 Å². The highest BCUT2D eigenvalue weighted by Gasteiger charge is 2.22. The predicted molar refractivity (Wildman–Crippen MR) is 102 cm³/mol. The summed E-state index contributed by atoms with van der Waals surface area (Å²) in [6, 6.07) is 13.1. The Morgan fingerprint density at radius 2 is 1.74 bits per heavy atom. The van der Waals surface area contributed by atoms with Gasteiger partial charge in [-0.15, -0.1) is 0 Å². The zero-order valence-electron chi connectivity index (χ0n) is 14.7. The minimum absolute atomic E-state index is 0.0186. The van der Waals surface area contributed by atoms with Crippen molar-refractivity contribution in [3.63, 3.8) is 0 Å². The SMILES string of the molecule is O=C(c1ccc([N+](=O)[O-])cc1)N1CCN(CCOc2ccccc2Cl)CC1. The number of halogens is 1. The molecule has 142 valence electrons. The first-order chi connectivity index (χ1) is 13.0. The molecule has 2 aromatic carbocycles. The fraction of sp³-hybridized carbons (Fsp3) is 0.316. The molecular weight excluding hydrogens is 370 g/mol. The first kappa shape index (κ1) is 19.1. The van der Waals surface area contributed by atoms with Gasteiger partial charge in [-0.05, 0) is 24.3 Å². The minimum atomic E-state index is -0.474. The van der Waals surface area contributed by atoms with E-state index in [0.717, 1.165) is 19.6 Å². The van der Waals surface area contributed by atoms with E-state index in [4.69, 9.17) is 16.3 Å². The van der Waals surface area contributed by atoms with Crippen LogP contribution in [0.1, 0.15) is 10.4 Å². The Morgan fingerprint density at radius 3 is 2.37 bits per heavy atom. The smallest absolute Gasteiger partial charge is 0.269 e. The number of rotatable bonds is 6. The number of hydrogen-bond acceptors (Lipinski definition) is 5. The van der Waals surface area contributed by atoms with Crippen molar-refractivity contribution in [2.45, 2.75) is 0 Å². The minimum Gasteiger partial charge on any atom is -0.491 e.